The van der Waals surface area contributed by atoms with E-state index in [-0.39, 0.29) is 5.91 Å². The smallest absolute Gasteiger partial charge is 0.219 e. The van der Waals surface area contributed by atoms with Gasteiger partial charge >= 0.3 is 0 Å². The lowest BCUT2D eigenvalue weighted by Crippen LogP contribution is -2.26. The molecule has 2 aromatic rings. The van der Waals surface area contributed by atoms with Crippen LogP contribution < -0.4 is 0 Å². The van der Waals surface area contributed by atoms with Crippen molar-refractivity contribution < 1.29 is 4.79 Å². The fourth-order valence-electron chi connectivity index (χ4n) is 2.97. The predicted molar refractivity (Wildman–Crippen MR) is 83.0 cm³/mol. The maximum Gasteiger partial charge on any atom is 0.219 e. The number of aryl methyl sites for hydroxylation is 1. The van der Waals surface area contributed by atoms with Crippen molar-refractivity contribution in [2.45, 2.75) is 33.2 Å². The molecule has 1 aliphatic rings. The van der Waals surface area contributed by atoms with Crippen molar-refractivity contribution >= 4 is 5.91 Å². The largest absolute Gasteiger partial charge is 0.343 e. The second-order valence-corrected chi connectivity index (χ2v) is 5.76. The highest BCUT2D eigenvalue weighted by Gasteiger charge is 2.25. The molecule has 3 rings (SSSR count). The number of rotatable bonds is 4. The molecule has 6 nitrogen and oxygen atoms in total. The Morgan fingerprint density at radius 3 is 2.86 bits per heavy atom. The minimum absolute atomic E-state index is 0.158. The first-order valence-corrected chi connectivity index (χ1v) is 7.75. The van der Waals surface area contributed by atoms with Crippen LogP contribution in [0.5, 0.6) is 0 Å². The Balaban J connectivity index is 1.79. The molecular weight excluding hydrogens is 278 g/mol. The average Bonchev–Trinajstić information content (AvgIpc) is 3.16. The van der Waals surface area contributed by atoms with Gasteiger partial charge in [0.1, 0.15) is 0 Å². The normalized spacial score (nSPS) is 17.9. The second kappa shape index (κ2) is 6.25. The lowest BCUT2D eigenvalue weighted by Gasteiger charge is -2.14. The molecule has 0 bridgehead atoms. The van der Waals surface area contributed by atoms with E-state index in [4.69, 9.17) is 0 Å². The van der Waals surface area contributed by atoms with E-state index in [1.165, 1.54) is 0 Å². The van der Waals surface area contributed by atoms with Crippen LogP contribution in [0.2, 0.25) is 0 Å². The summed E-state index contributed by atoms with van der Waals surface area (Å²) in [4.78, 5) is 22.4. The minimum atomic E-state index is 0.158. The Hall–Kier alpha value is -2.24. The van der Waals surface area contributed by atoms with E-state index < -0.39 is 0 Å². The van der Waals surface area contributed by atoms with Gasteiger partial charge in [-0.1, -0.05) is 0 Å². The molecule has 1 atom stereocenters. The monoisotopic (exact) mass is 299 g/mol. The Morgan fingerprint density at radius 1 is 1.36 bits per heavy atom. The quantitative estimate of drug-likeness (QED) is 0.863. The van der Waals surface area contributed by atoms with E-state index >= 15 is 0 Å². The summed E-state index contributed by atoms with van der Waals surface area (Å²) < 4.78 is 1.89. The molecular formula is C16H21N5O. The number of hydrogen-bond donors (Lipinski definition) is 0. The summed E-state index contributed by atoms with van der Waals surface area (Å²) in [5.41, 5.74) is 2.91. The standard InChI is InChI=1S/C16H21N5O/c1-3-21-11-14(9-19-21)16-15(17-5-6-18-16)8-13-4-7-20(10-13)12(2)22/h5-6,9,11,13H,3-4,7-8,10H2,1-2H3/t13-/m1/s1. The summed E-state index contributed by atoms with van der Waals surface area (Å²) >= 11 is 0. The summed E-state index contributed by atoms with van der Waals surface area (Å²) in [5, 5.41) is 4.32. The summed E-state index contributed by atoms with van der Waals surface area (Å²) in [6.45, 7) is 6.20. The third-order valence-corrected chi connectivity index (χ3v) is 4.22. The van der Waals surface area contributed by atoms with Gasteiger partial charge in [0.05, 0.1) is 17.6 Å². The molecule has 6 heteroatoms. The first kappa shape index (κ1) is 14.7. The maximum atomic E-state index is 11.5. The predicted octanol–water partition coefficient (Wildman–Crippen LogP) is 1.77. The maximum absolute atomic E-state index is 11.5. The van der Waals surface area contributed by atoms with Crippen LogP contribution in [0.4, 0.5) is 0 Å². The molecule has 22 heavy (non-hydrogen) atoms. The molecule has 1 saturated heterocycles. The van der Waals surface area contributed by atoms with Gasteiger partial charge in [-0.15, -0.1) is 0 Å². The highest BCUT2D eigenvalue weighted by molar-refractivity contribution is 5.73. The Labute approximate surface area is 130 Å². The van der Waals surface area contributed by atoms with Crippen molar-refractivity contribution in [3.8, 4) is 11.3 Å². The van der Waals surface area contributed by atoms with Crippen molar-refractivity contribution in [2.75, 3.05) is 13.1 Å². The van der Waals surface area contributed by atoms with Crippen LogP contribution in [-0.2, 0) is 17.8 Å². The van der Waals surface area contributed by atoms with Crippen molar-refractivity contribution in [1.82, 2.24) is 24.6 Å². The van der Waals surface area contributed by atoms with E-state index in [9.17, 15) is 4.79 Å². The zero-order chi connectivity index (χ0) is 15.5. The van der Waals surface area contributed by atoms with E-state index in [0.717, 1.165) is 49.4 Å². The molecule has 0 saturated carbocycles. The van der Waals surface area contributed by atoms with Crippen LogP contribution >= 0.6 is 0 Å². The Bertz CT molecular complexity index is 666. The van der Waals surface area contributed by atoms with Crippen molar-refractivity contribution in [2.24, 2.45) is 5.92 Å². The fourth-order valence-corrected chi connectivity index (χ4v) is 2.97. The van der Waals surface area contributed by atoms with Crippen LogP contribution in [0.25, 0.3) is 11.3 Å². The molecule has 0 aliphatic carbocycles. The van der Waals surface area contributed by atoms with Gasteiger partial charge in [0.2, 0.25) is 5.91 Å². The molecule has 1 aliphatic heterocycles. The van der Waals surface area contributed by atoms with E-state index in [1.807, 2.05) is 22.0 Å². The summed E-state index contributed by atoms with van der Waals surface area (Å²) in [6, 6.07) is 0. The topological polar surface area (TPSA) is 63.9 Å². The van der Waals surface area contributed by atoms with Gasteiger partial charge in [0.15, 0.2) is 0 Å². The van der Waals surface area contributed by atoms with Crippen LogP contribution in [0, 0.1) is 5.92 Å². The number of nitrogens with zero attached hydrogens (tertiary/aromatic N) is 5. The molecule has 116 valence electrons. The molecule has 0 spiro atoms. The highest BCUT2D eigenvalue weighted by atomic mass is 16.2. The molecule has 0 N–H and O–H groups in total. The molecule has 3 heterocycles. The number of likely N-dealkylation sites (tertiary alicyclic amines) is 1. The molecule has 1 fully saturated rings. The number of hydrogen-bond acceptors (Lipinski definition) is 4. The van der Waals surface area contributed by atoms with Crippen molar-refractivity contribution in [3.63, 3.8) is 0 Å². The fraction of sp³-hybridized carbons (Fsp3) is 0.500. The SMILES string of the molecule is CCn1cc(-c2nccnc2C[C@H]2CCN(C(C)=O)C2)cn1. The van der Waals surface area contributed by atoms with Crippen molar-refractivity contribution in [1.29, 1.82) is 0 Å². The Kier molecular flexibility index (Phi) is 4.18. The van der Waals surface area contributed by atoms with Gasteiger partial charge in [-0.2, -0.15) is 5.10 Å². The molecule has 0 aromatic carbocycles. The van der Waals surface area contributed by atoms with E-state index in [1.54, 1.807) is 19.3 Å². The average molecular weight is 299 g/mol. The first-order chi connectivity index (χ1) is 10.7. The van der Waals surface area contributed by atoms with Crippen LogP contribution in [0.1, 0.15) is 26.0 Å². The highest BCUT2D eigenvalue weighted by Crippen LogP contribution is 2.25. The summed E-state index contributed by atoms with van der Waals surface area (Å²) in [7, 11) is 0. The van der Waals surface area contributed by atoms with Crippen LogP contribution in [0.3, 0.4) is 0 Å². The number of carbonyl (C=O) groups excluding carboxylic acids is 1. The van der Waals surface area contributed by atoms with Gasteiger partial charge in [0.25, 0.3) is 0 Å². The minimum Gasteiger partial charge on any atom is -0.343 e. The molecule has 2 aromatic heterocycles. The van der Waals surface area contributed by atoms with Gasteiger partial charge in [-0.3, -0.25) is 19.4 Å². The van der Waals surface area contributed by atoms with Gasteiger partial charge in [-0.05, 0) is 25.7 Å². The first-order valence-electron chi connectivity index (χ1n) is 7.75. The third-order valence-electron chi connectivity index (χ3n) is 4.22. The van der Waals surface area contributed by atoms with Gasteiger partial charge in [0, 0.05) is 50.7 Å². The molecule has 0 radical (unpaired) electrons. The number of aromatic nitrogens is 4. The second-order valence-electron chi connectivity index (χ2n) is 5.76. The van der Waals surface area contributed by atoms with Gasteiger partial charge in [-0.25, -0.2) is 0 Å². The third kappa shape index (κ3) is 3.00. The summed E-state index contributed by atoms with van der Waals surface area (Å²) in [5.74, 6) is 0.617. The van der Waals surface area contributed by atoms with E-state index in [0.29, 0.717) is 5.92 Å². The van der Waals surface area contributed by atoms with Crippen LogP contribution in [-0.4, -0.2) is 43.6 Å². The number of amides is 1. The Morgan fingerprint density at radius 2 is 2.18 bits per heavy atom. The van der Waals surface area contributed by atoms with Gasteiger partial charge < -0.3 is 4.90 Å². The zero-order valence-electron chi connectivity index (χ0n) is 13.1. The molecule has 0 unspecified atom stereocenters. The lowest BCUT2D eigenvalue weighted by atomic mass is 10.00. The number of carbonyl (C=O) groups is 1. The van der Waals surface area contributed by atoms with Crippen LogP contribution in [0.15, 0.2) is 24.8 Å². The summed E-state index contributed by atoms with van der Waals surface area (Å²) in [6.07, 6.45) is 9.19. The van der Waals surface area contributed by atoms with E-state index in [2.05, 4.69) is 22.0 Å². The molecule has 1 amide bonds. The zero-order valence-corrected chi connectivity index (χ0v) is 13.1. The lowest BCUT2D eigenvalue weighted by molar-refractivity contribution is -0.127. The van der Waals surface area contributed by atoms with Crippen molar-refractivity contribution in [3.05, 3.63) is 30.5 Å².